The molecule has 0 fully saturated rings. The fourth-order valence-corrected chi connectivity index (χ4v) is 2.63. The average Bonchev–Trinajstić information content (AvgIpc) is 2.61. The molecule has 0 amide bonds. The highest BCUT2D eigenvalue weighted by Crippen LogP contribution is 2.07. The first-order valence-electron chi connectivity index (χ1n) is 4.99. The first-order valence-corrected chi connectivity index (χ1v) is 7.93. The summed E-state index contributed by atoms with van der Waals surface area (Å²) in [5, 5.41) is 5.31. The Balaban J connectivity index is 1.99. The summed E-state index contributed by atoms with van der Waals surface area (Å²) in [5.41, 5.74) is 0. The highest BCUT2D eigenvalue weighted by atomic mass is 32.2. The molecule has 1 aromatic rings. The van der Waals surface area contributed by atoms with Crippen LogP contribution in [0.5, 0.6) is 0 Å². The molecule has 1 rings (SSSR count). The molecule has 1 heterocycles. The van der Waals surface area contributed by atoms with Crippen LogP contribution in [0, 0.1) is 0 Å². The second-order valence-electron chi connectivity index (χ2n) is 3.56. The molecule has 1 N–H and O–H groups in total. The molecule has 0 saturated heterocycles. The van der Waals surface area contributed by atoms with Crippen LogP contribution in [0.3, 0.4) is 0 Å². The Morgan fingerprint density at radius 1 is 1.40 bits per heavy atom. The average molecular weight is 247 g/mol. The van der Waals surface area contributed by atoms with Gasteiger partial charge in [-0.25, -0.2) is 8.42 Å². The van der Waals surface area contributed by atoms with Gasteiger partial charge in [0, 0.05) is 11.1 Å². The van der Waals surface area contributed by atoms with Crippen LogP contribution < -0.4 is 5.32 Å². The minimum Gasteiger partial charge on any atom is -0.316 e. The largest absolute Gasteiger partial charge is 0.316 e. The maximum absolute atomic E-state index is 10.8. The van der Waals surface area contributed by atoms with Crippen LogP contribution in [-0.2, 0) is 16.3 Å². The molecule has 3 nitrogen and oxygen atoms in total. The van der Waals surface area contributed by atoms with E-state index in [2.05, 4.69) is 16.8 Å². The van der Waals surface area contributed by atoms with Gasteiger partial charge < -0.3 is 5.32 Å². The molecule has 0 aromatic carbocycles. The lowest BCUT2D eigenvalue weighted by atomic mass is 10.3. The van der Waals surface area contributed by atoms with Gasteiger partial charge in [0.25, 0.3) is 0 Å². The van der Waals surface area contributed by atoms with Gasteiger partial charge in [0.05, 0.1) is 5.75 Å². The van der Waals surface area contributed by atoms with E-state index >= 15 is 0 Å². The third-order valence-electron chi connectivity index (χ3n) is 2.00. The molecule has 0 saturated carbocycles. The normalized spacial score (nSPS) is 11.8. The number of hydrogen-bond acceptors (Lipinski definition) is 4. The maximum Gasteiger partial charge on any atom is 0.147 e. The molecule has 15 heavy (non-hydrogen) atoms. The van der Waals surface area contributed by atoms with Gasteiger partial charge in [-0.1, -0.05) is 6.07 Å². The summed E-state index contributed by atoms with van der Waals surface area (Å²) >= 11 is 1.76. The zero-order chi connectivity index (χ0) is 11.1. The fourth-order valence-electron chi connectivity index (χ4n) is 1.25. The minimum atomic E-state index is -2.79. The lowest BCUT2D eigenvalue weighted by Gasteiger charge is -2.02. The van der Waals surface area contributed by atoms with Crippen LogP contribution in [0.4, 0.5) is 0 Å². The lowest BCUT2D eigenvalue weighted by Crippen LogP contribution is -2.20. The molecule has 0 unspecified atom stereocenters. The highest BCUT2D eigenvalue weighted by Gasteiger charge is 2.00. The van der Waals surface area contributed by atoms with Gasteiger partial charge in [-0.15, -0.1) is 11.3 Å². The summed E-state index contributed by atoms with van der Waals surface area (Å²) in [6, 6.07) is 4.16. The summed E-state index contributed by atoms with van der Waals surface area (Å²) < 4.78 is 21.6. The van der Waals surface area contributed by atoms with E-state index in [9.17, 15) is 8.42 Å². The van der Waals surface area contributed by atoms with Crippen molar-refractivity contribution in [2.24, 2.45) is 0 Å². The molecular weight excluding hydrogens is 230 g/mol. The summed E-state index contributed by atoms with van der Waals surface area (Å²) in [4.78, 5) is 1.37. The predicted molar refractivity (Wildman–Crippen MR) is 65.2 cm³/mol. The molecule has 0 atom stereocenters. The van der Waals surface area contributed by atoms with E-state index in [0.717, 1.165) is 19.5 Å². The Labute approximate surface area is 95.4 Å². The van der Waals surface area contributed by atoms with Crippen molar-refractivity contribution in [3.8, 4) is 0 Å². The first kappa shape index (κ1) is 12.7. The van der Waals surface area contributed by atoms with Crippen LogP contribution in [0.25, 0.3) is 0 Å². The highest BCUT2D eigenvalue weighted by molar-refractivity contribution is 7.90. The third-order valence-corrected chi connectivity index (χ3v) is 3.96. The van der Waals surface area contributed by atoms with Crippen molar-refractivity contribution in [2.45, 2.75) is 12.8 Å². The van der Waals surface area contributed by atoms with E-state index in [1.807, 2.05) is 6.07 Å². The molecule has 5 heteroatoms. The molecule has 0 radical (unpaired) electrons. The van der Waals surface area contributed by atoms with Crippen LogP contribution in [0.2, 0.25) is 0 Å². The van der Waals surface area contributed by atoms with Crippen LogP contribution in [0.1, 0.15) is 11.3 Å². The Morgan fingerprint density at radius 2 is 2.20 bits per heavy atom. The number of sulfone groups is 1. The van der Waals surface area contributed by atoms with Crippen molar-refractivity contribution in [3.05, 3.63) is 22.4 Å². The van der Waals surface area contributed by atoms with E-state index in [4.69, 9.17) is 0 Å². The molecule has 0 aliphatic rings. The van der Waals surface area contributed by atoms with E-state index < -0.39 is 9.84 Å². The SMILES string of the molecule is CS(=O)(=O)CCCNCCc1cccs1. The molecular formula is C10H17NO2S2. The van der Waals surface area contributed by atoms with Crippen molar-refractivity contribution >= 4 is 21.2 Å². The fraction of sp³-hybridized carbons (Fsp3) is 0.600. The second-order valence-corrected chi connectivity index (χ2v) is 6.85. The Kier molecular flexibility index (Phi) is 5.28. The van der Waals surface area contributed by atoms with E-state index in [0.29, 0.717) is 6.42 Å². The van der Waals surface area contributed by atoms with Gasteiger partial charge in [0.15, 0.2) is 0 Å². The summed E-state index contributed by atoms with van der Waals surface area (Å²) in [6.07, 6.45) is 3.00. The minimum absolute atomic E-state index is 0.277. The van der Waals surface area contributed by atoms with Gasteiger partial charge in [0.2, 0.25) is 0 Å². The molecule has 1 aromatic heterocycles. The lowest BCUT2D eigenvalue weighted by molar-refractivity contribution is 0.594. The van der Waals surface area contributed by atoms with E-state index in [1.165, 1.54) is 11.1 Å². The Morgan fingerprint density at radius 3 is 2.80 bits per heavy atom. The number of thiophene rings is 1. The van der Waals surface area contributed by atoms with E-state index in [-0.39, 0.29) is 5.75 Å². The Bertz CT molecular complexity index is 357. The quantitative estimate of drug-likeness (QED) is 0.739. The molecule has 0 bridgehead atoms. The first-order chi connectivity index (χ1) is 7.08. The van der Waals surface area contributed by atoms with Gasteiger partial charge in [-0.2, -0.15) is 0 Å². The molecule has 86 valence electrons. The number of nitrogens with one attached hydrogen (secondary N) is 1. The summed E-state index contributed by atoms with van der Waals surface area (Å²) in [5.74, 6) is 0.277. The van der Waals surface area contributed by atoms with Crippen LogP contribution >= 0.6 is 11.3 Å². The van der Waals surface area contributed by atoms with Crippen molar-refractivity contribution in [1.29, 1.82) is 0 Å². The van der Waals surface area contributed by atoms with Crippen molar-refractivity contribution in [1.82, 2.24) is 5.32 Å². The van der Waals surface area contributed by atoms with Gasteiger partial charge >= 0.3 is 0 Å². The topological polar surface area (TPSA) is 46.2 Å². The van der Waals surface area contributed by atoms with Crippen molar-refractivity contribution in [3.63, 3.8) is 0 Å². The summed E-state index contributed by atoms with van der Waals surface area (Å²) in [7, 11) is -2.79. The molecule has 0 aliphatic heterocycles. The monoisotopic (exact) mass is 247 g/mol. The van der Waals surface area contributed by atoms with Crippen molar-refractivity contribution in [2.75, 3.05) is 25.1 Å². The van der Waals surface area contributed by atoms with Gasteiger partial charge in [0.1, 0.15) is 9.84 Å². The van der Waals surface area contributed by atoms with Gasteiger partial charge in [-0.05, 0) is 37.4 Å². The maximum atomic E-state index is 10.8. The zero-order valence-corrected chi connectivity index (χ0v) is 10.5. The predicted octanol–water partition coefficient (Wildman–Crippen LogP) is 1.31. The second kappa shape index (κ2) is 6.25. The smallest absolute Gasteiger partial charge is 0.147 e. The molecule has 0 spiro atoms. The molecule has 0 aliphatic carbocycles. The van der Waals surface area contributed by atoms with Crippen molar-refractivity contribution < 1.29 is 8.42 Å². The summed E-state index contributed by atoms with van der Waals surface area (Å²) in [6.45, 7) is 1.70. The Hall–Kier alpha value is -0.390. The van der Waals surface area contributed by atoms with Crippen LogP contribution in [-0.4, -0.2) is 33.5 Å². The van der Waals surface area contributed by atoms with Crippen LogP contribution in [0.15, 0.2) is 17.5 Å². The zero-order valence-electron chi connectivity index (χ0n) is 8.90. The third kappa shape index (κ3) is 6.65. The van der Waals surface area contributed by atoms with E-state index in [1.54, 1.807) is 11.3 Å². The standard InChI is InChI=1S/C10H17NO2S2/c1-15(12,13)9-3-6-11-7-5-10-4-2-8-14-10/h2,4,8,11H,3,5-7,9H2,1H3. The van der Waals surface area contributed by atoms with Gasteiger partial charge in [-0.3, -0.25) is 0 Å². The number of hydrogen-bond donors (Lipinski definition) is 1. The number of rotatable bonds is 7.